The number of rotatable bonds is 9. The molecule has 5 heteroatoms. The van der Waals surface area contributed by atoms with E-state index in [0.717, 1.165) is 47.5 Å². The molecule has 2 aromatic carbocycles. The van der Waals surface area contributed by atoms with E-state index in [1.54, 1.807) is 6.07 Å². The van der Waals surface area contributed by atoms with Crippen LogP contribution in [0.4, 0.5) is 11.4 Å². The molecule has 0 saturated carbocycles. The van der Waals surface area contributed by atoms with Crippen LogP contribution >= 0.6 is 0 Å². The summed E-state index contributed by atoms with van der Waals surface area (Å²) >= 11 is 0. The Balaban J connectivity index is 1.94. The molecule has 0 aliphatic carbocycles. The zero-order valence-electron chi connectivity index (χ0n) is 18.9. The molecule has 5 nitrogen and oxygen atoms in total. The molecule has 1 heterocycles. The van der Waals surface area contributed by atoms with Crippen LogP contribution in [0.1, 0.15) is 62.2 Å². The largest absolute Gasteiger partial charge is 0.507 e. The first-order valence-electron chi connectivity index (χ1n) is 11.0. The molecular formula is C25H36N2O3. The van der Waals surface area contributed by atoms with Crippen molar-refractivity contribution < 1.29 is 14.9 Å². The Morgan fingerprint density at radius 2 is 1.53 bits per heavy atom. The van der Waals surface area contributed by atoms with E-state index >= 15 is 0 Å². The van der Waals surface area contributed by atoms with E-state index in [4.69, 9.17) is 4.74 Å². The topological polar surface area (TPSA) is 56.2 Å². The van der Waals surface area contributed by atoms with Crippen molar-refractivity contribution in [2.24, 2.45) is 0 Å². The van der Waals surface area contributed by atoms with E-state index < -0.39 is 12.2 Å². The van der Waals surface area contributed by atoms with Gasteiger partial charge in [-0.3, -0.25) is 0 Å². The third kappa shape index (κ3) is 4.67. The molecule has 0 amide bonds. The molecule has 1 aliphatic heterocycles. The fourth-order valence-corrected chi connectivity index (χ4v) is 4.23. The van der Waals surface area contributed by atoms with Gasteiger partial charge in [0, 0.05) is 62.8 Å². The van der Waals surface area contributed by atoms with Crippen molar-refractivity contribution in [1.82, 2.24) is 0 Å². The molecule has 0 bridgehead atoms. The van der Waals surface area contributed by atoms with Crippen LogP contribution in [-0.2, 0) is 0 Å². The number of anilines is 2. The lowest BCUT2D eigenvalue weighted by molar-refractivity contribution is 0.0793. The normalized spacial score (nSPS) is 18.6. The number of aliphatic hydroxyl groups is 1. The van der Waals surface area contributed by atoms with Gasteiger partial charge in [0.05, 0.1) is 12.0 Å². The van der Waals surface area contributed by atoms with Crippen molar-refractivity contribution in [1.29, 1.82) is 0 Å². The quantitative estimate of drug-likeness (QED) is 0.563. The Bertz CT molecular complexity index is 850. The minimum atomic E-state index is -0.522. The lowest BCUT2D eigenvalue weighted by Gasteiger charge is -2.26. The van der Waals surface area contributed by atoms with E-state index in [1.165, 1.54) is 12.8 Å². The van der Waals surface area contributed by atoms with Gasteiger partial charge in [-0.05, 0) is 24.6 Å². The van der Waals surface area contributed by atoms with Gasteiger partial charge in [0.15, 0.2) is 0 Å². The monoisotopic (exact) mass is 412 g/mol. The summed E-state index contributed by atoms with van der Waals surface area (Å²) in [5, 5.41) is 21.9. The molecule has 0 radical (unpaired) electrons. The smallest absolute Gasteiger partial charge is 0.137 e. The summed E-state index contributed by atoms with van der Waals surface area (Å²) in [6, 6.07) is 11.8. The third-order valence-electron chi connectivity index (χ3n) is 6.06. The predicted octanol–water partition coefficient (Wildman–Crippen LogP) is 5.07. The maximum Gasteiger partial charge on any atom is 0.137 e. The molecule has 0 fully saturated rings. The Kier molecular flexibility index (Phi) is 7.14. The van der Waals surface area contributed by atoms with Crippen LogP contribution in [0.15, 0.2) is 36.4 Å². The minimum absolute atomic E-state index is 0.200. The molecule has 0 aromatic heterocycles. The van der Waals surface area contributed by atoms with Gasteiger partial charge < -0.3 is 24.7 Å². The van der Waals surface area contributed by atoms with Crippen LogP contribution in [0.3, 0.4) is 0 Å². The van der Waals surface area contributed by atoms with Gasteiger partial charge in [-0.2, -0.15) is 0 Å². The van der Waals surface area contributed by atoms with Gasteiger partial charge in [0.2, 0.25) is 0 Å². The summed E-state index contributed by atoms with van der Waals surface area (Å²) in [6.07, 6.45) is 4.28. The van der Waals surface area contributed by atoms with Gasteiger partial charge >= 0.3 is 0 Å². The number of aromatic hydroxyl groups is 1. The van der Waals surface area contributed by atoms with E-state index in [2.05, 4.69) is 19.1 Å². The maximum absolute atomic E-state index is 11.2. The lowest BCUT2D eigenvalue weighted by atomic mass is 9.84. The molecular weight excluding hydrogens is 376 g/mol. The van der Waals surface area contributed by atoms with Crippen molar-refractivity contribution in [2.45, 2.75) is 57.2 Å². The number of benzene rings is 2. The number of phenolic OH excluding ortho intramolecular Hbond substituents is 1. The minimum Gasteiger partial charge on any atom is -0.507 e. The zero-order valence-corrected chi connectivity index (χ0v) is 18.9. The van der Waals surface area contributed by atoms with Gasteiger partial charge in [-0.1, -0.05) is 38.7 Å². The highest BCUT2D eigenvalue weighted by Crippen LogP contribution is 2.51. The number of hydrogen-bond acceptors (Lipinski definition) is 5. The van der Waals surface area contributed by atoms with E-state index in [0.29, 0.717) is 0 Å². The molecule has 0 unspecified atom stereocenters. The van der Waals surface area contributed by atoms with Crippen LogP contribution in [0, 0.1) is 0 Å². The SMILES string of the molecule is CCCCCC[C@@H](O)[C@H]1c2ccc(N(C)C)cc2O[C@@H]1c1ccc(N(C)C)cc1O. The number of nitrogens with zero attached hydrogens (tertiary/aromatic N) is 2. The molecule has 0 saturated heterocycles. The van der Waals surface area contributed by atoms with E-state index in [9.17, 15) is 10.2 Å². The second-order valence-corrected chi connectivity index (χ2v) is 8.74. The average molecular weight is 413 g/mol. The number of fused-ring (bicyclic) bond motifs is 1. The summed E-state index contributed by atoms with van der Waals surface area (Å²) in [5.74, 6) is 0.795. The molecule has 0 spiro atoms. The fraction of sp³-hybridized carbons (Fsp3) is 0.520. The second-order valence-electron chi connectivity index (χ2n) is 8.74. The second kappa shape index (κ2) is 9.61. The number of hydrogen-bond donors (Lipinski definition) is 2. The average Bonchev–Trinajstić information content (AvgIpc) is 3.09. The molecule has 2 aromatic rings. The summed E-state index contributed by atoms with van der Waals surface area (Å²) < 4.78 is 6.37. The summed E-state index contributed by atoms with van der Waals surface area (Å²) in [5.41, 5.74) is 3.72. The van der Waals surface area contributed by atoms with Crippen LogP contribution in [0.25, 0.3) is 0 Å². The Morgan fingerprint density at radius 1 is 0.900 bits per heavy atom. The van der Waals surface area contributed by atoms with E-state index in [1.807, 2.05) is 56.2 Å². The number of ether oxygens (including phenoxy) is 1. The summed E-state index contributed by atoms with van der Waals surface area (Å²) in [7, 11) is 7.89. The highest BCUT2D eigenvalue weighted by molar-refractivity contribution is 5.58. The molecule has 2 N–H and O–H groups in total. The maximum atomic E-state index is 11.2. The molecule has 3 rings (SSSR count). The number of aliphatic hydroxyl groups excluding tert-OH is 1. The van der Waals surface area contributed by atoms with Gasteiger partial charge in [-0.25, -0.2) is 0 Å². The van der Waals surface area contributed by atoms with Crippen LogP contribution in [-0.4, -0.2) is 44.5 Å². The third-order valence-corrected chi connectivity index (χ3v) is 6.06. The van der Waals surface area contributed by atoms with Gasteiger partial charge in [0.25, 0.3) is 0 Å². The molecule has 164 valence electrons. The fourth-order valence-electron chi connectivity index (χ4n) is 4.23. The van der Waals surface area contributed by atoms with Gasteiger partial charge in [-0.15, -0.1) is 0 Å². The highest BCUT2D eigenvalue weighted by Gasteiger charge is 2.41. The van der Waals surface area contributed by atoms with Crippen LogP contribution < -0.4 is 14.5 Å². The van der Waals surface area contributed by atoms with Crippen molar-refractivity contribution in [2.75, 3.05) is 38.0 Å². The standard InChI is InChI=1S/C25H36N2O3/c1-6-7-8-9-10-21(28)24-20-14-12-18(27(4)5)16-23(20)30-25(24)19-13-11-17(26(2)3)15-22(19)29/h11-16,21,24-25,28-29H,6-10H2,1-5H3/t21-,24-,25-/m1/s1. The number of phenols is 1. The van der Waals surface area contributed by atoms with Crippen molar-refractivity contribution in [3.63, 3.8) is 0 Å². The molecule has 1 aliphatic rings. The molecule has 30 heavy (non-hydrogen) atoms. The Labute approximate surface area is 180 Å². The van der Waals surface area contributed by atoms with Crippen LogP contribution in [0.5, 0.6) is 11.5 Å². The lowest BCUT2D eigenvalue weighted by Crippen LogP contribution is -2.23. The predicted molar refractivity (Wildman–Crippen MR) is 124 cm³/mol. The molecule has 3 atom stereocenters. The van der Waals surface area contributed by atoms with Crippen molar-refractivity contribution >= 4 is 11.4 Å². The first-order chi connectivity index (χ1) is 14.3. The zero-order chi connectivity index (χ0) is 21.8. The van der Waals surface area contributed by atoms with Crippen molar-refractivity contribution in [3.8, 4) is 11.5 Å². The number of unbranched alkanes of at least 4 members (excludes halogenated alkanes) is 3. The highest BCUT2D eigenvalue weighted by atomic mass is 16.5. The summed E-state index contributed by atoms with van der Waals surface area (Å²) in [6.45, 7) is 2.19. The van der Waals surface area contributed by atoms with Gasteiger partial charge in [0.1, 0.15) is 17.6 Å². The van der Waals surface area contributed by atoms with Crippen LogP contribution in [0.2, 0.25) is 0 Å². The summed E-state index contributed by atoms with van der Waals surface area (Å²) in [4.78, 5) is 3.99. The Morgan fingerprint density at radius 3 is 2.13 bits per heavy atom. The van der Waals surface area contributed by atoms with Crippen molar-refractivity contribution in [3.05, 3.63) is 47.5 Å². The first-order valence-corrected chi connectivity index (χ1v) is 11.0. The van der Waals surface area contributed by atoms with E-state index in [-0.39, 0.29) is 11.7 Å². The Hall–Kier alpha value is -2.40. The first kappa shape index (κ1) is 22.3.